The summed E-state index contributed by atoms with van der Waals surface area (Å²) < 4.78 is 31.4. The molecule has 0 spiro atoms. The molecule has 9 unspecified atom stereocenters. The monoisotopic (exact) mass is 900 g/mol. The van der Waals surface area contributed by atoms with Gasteiger partial charge in [0.25, 0.3) is 0 Å². The molecule has 4 fully saturated rings. The number of allylic oxidation sites excluding steroid dienone is 4. The Morgan fingerprint density at radius 2 is 1.52 bits per heavy atom. The van der Waals surface area contributed by atoms with Gasteiger partial charge in [0.1, 0.15) is 0 Å². The quantitative estimate of drug-likeness (QED) is 0.0370. The number of carbonyl (C=O) groups excluding carboxylic acids is 3. The maximum atomic E-state index is 14.6. The van der Waals surface area contributed by atoms with Crippen molar-refractivity contribution in [2.45, 2.75) is 219 Å². The Kier molecular flexibility index (Phi) is 22.0. The smallest absolute Gasteiger partial charge is 0.306 e. The molecule has 0 aromatic rings. The Labute approximate surface area is 387 Å². The van der Waals surface area contributed by atoms with Crippen LogP contribution in [0.15, 0.2) is 23.8 Å². The largest absolute Gasteiger partial charge is 0.458 e. The summed E-state index contributed by atoms with van der Waals surface area (Å²) in [7, 11) is 0. The van der Waals surface area contributed by atoms with E-state index in [9.17, 15) is 24.6 Å². The van der Waals surface area contributed by atoms with Gasteiger partial charge in [0.15, 0.2) is 30.6 Å². The zero-order valence-electron chi connectivity index (χ0n) is 40.8. The van der Waals surface area contributed by atoms with Gasteiger partial charge in [0.05, 0.1) is 12.2 Å². The van der Waals surface area contributed by atoms with Crippen LogP contribution in [0.1, 0.15) is 189 Å². The number of unbranched alkanes of at least 4 members (excludes halogenated alkanes) is 11. The molecule has 3 saturated carbocycles. The number of aliphatic hydroxyl groups is 2. The first-order chi connectivity index (χ1) is 31.0. The second-order valence-electron chi connectivity index (χ2n) is 20.5. The van der Waals surface area contributed by atoms with E-state index in [1.165, 1.54) is 38.5 Å². The predicted octanol–water partition coefficient (Wildman–Crippen LogP) is 9.98. The molecule has 5 aliphatic rings. The highest BCUT2D eigenvalue weighted by atomic mass is 16.7. The molecule has 1 aliphatic heterocycles. The van der Waals surface area contributed by atoms with Gasteiger partial charge in [-0.05, 0) is 134 Å². The molecule has 0 aromatic carbocycles. The van der Waals surface area contributed by atoms with Gasteiger partial charge < -0.3 is 38.8 Å². The molecule has 0 amide bonds. The van der Waals surface area contributed by atoms with Crippen molar-refractivity contribution in [1.82, 2.24) is 4.90 Å². The minimum absolute atomic E-state index is 0.00573. The first kappa shape index (κ1) is 53.0. The van der Waals surface area contributed by atoms with Crippen LogP contribution in [0.4, 0.5) is 0 Å². The summed E-state index contributed by atoms with van der Waals surface area (Å²) in [4.78, 5) is 42.6. The molecule has 4 aliphatic carbocycles. The number of carbonyl (C=O) groups is 3. The lowest BCUT2D eigenvalue weighted by atomic mass is 9.46. The zero-order valence-corrected chi connectivity index (χ0v) is 40.8. The van der Waals surface area contributed by atoms with Gasteiger partial charge in [-0.15, -0.1) is 0 Å². The summed E-state index contributed by atoms with van der Waals surface area (Å²) >= 11 is 0. The van der Waals surface area contributed by atoms with E-state index in [-0.39, 0.29) is 61.2 Å². The van der Waals surface area contributed by atoms with E-state index in [1.54, 1.807) is 12.2 Å². The molecule has 0 aromatic heterocycles. The number of hydrogen-bond donors (Lipinski definition) is 2. The van der Waals surface area contributed by atoms with Gasteiger partial charge in [0.2, 0.25) is 5.78 Å². The van der Waals surface area contributed by atoms with Crippen molar-refractivity contribution in [1.29, 1.82) is 0 Å². The Bertz CT molecular complexity index is 1490. The van der Waals surface area contributed by atoms with Crippen molar-refractivity contribution in [3.63, 3.8) is 0 Å². The van der Waals surface area contributed by atoms with E-state index in [0.29, 0.717) is 25.7 Å². The number of esters is 1. The summed E-state index contributed by atoms with van der Waals surface area (Å²) in [6.07, 6.45) is 26.1. The maximum Gasteiger partial charge on any atom is 0.306 e. The van der Waals surface area contributed by atoms with Crippen molar-refractivity contribution >= 4 is 17.5 Å². The van der Waals surface area contributed by atoms with E-state index in [4.69, 9.17) is 23.7 Å². The van der Waals surface area contributed by atoms with Crippen molar-refractivity contribution in [3.05, 3.63) is 23.8 Å². The van der Waals surface area contributed by atoms with Crippen LogP contribution in [-0.2, 0) is 38.1 Å². The van der Waals surface area contributed by atoms with Gasteiger partial charge in [-0.25, -0.2) is 0 Å². The Morgan fingerprint density at radius 3 is 2.17 bits per heavy atom. The van der Waals surface area contributed by atoms with E-state index in [0.717, 1.165) is 122 Å². The van der Waals surface area contributed by atoms with E-state index < -0.39 is 34.9 Å². The lowest BCUT2D eigenvalue weighted by molar-refractivity contribution is -0.201. The number of aliphatic hydroxyl groups excluding tert-OH is 2. The molecular formula is C53H89NO10. The van der Waals surface area contributed by atoms with Gasteiger partial charge in [-0.3, -0.25) is 14.4 Å². The van der Waals surface area contributed by atoms with Crippen LogP contribution in [-0.4, -0.2) is 109 Å². The topological polar surface area (TPSA) is 141 Å². The number of nitrogens with zero attached hydrogens (tertiary/aromatic N) is 1. The highest BCUT2D eigenvalue weighted by Crippen LogP contribution is 2.69. The average Bonchev–Trinajstić information content (AvgIpc) is 3.76. The van der Waals surface area contributed by atoms with Crippen molar-refractivity contribution in [3.8, 4) is 0 Å². The van der Waals surface area contributed by atoms with Crippen LogP contribution in [0.3, 0.4) is 0 Å². The van der Waals surface area contributed by atoms with Crippen LogP contribution < -0.4 is 0 Å². The van der Waals surface area contributed by atoms with Crippen LogP contribution >= 0.6 is 0 Å². The zero-order chi connectivity index (χ0) is 46.0. The minimum Gasteiger partial charge on any atom is -0.458 e. The number of ether oxygens (including phenoxy) is 5. The lowest BCUT2D eigenvalue weighted by Gasteiger charge is -2.59. The first-order valence-electron chi connectivity index (χ1n) is 26.2. The fourth-order valence-electron chi connectivity index (χ4n) is 12.4. The average molecular weight is 900 g/mol. The third-order valence-electron chi connectivity index (χ3n) is 15.8. The fraction of sp³-hybridized carbons (Fsp3) is 0.868. The second kappa shape index (κ2) is 26.5. The molecule has 11 nitrogen and oxygen atoms in total. The van der Waals surface area contributed by atoms with Crippen LogP contribution in [0.2, 0.25) is 0 Å². The van der Waals surface area contributed by atoms with Crippen molar-refractivity contribution < 1.29 is 48.3 Å². The van der Waals surface area contributed by atoms with Crippen molar-refractivity contribution in [2.75, 3.05) is 46.1 Å². The standard InChI is InChI=1S/C53H89NO10/c1-6-9-11-21-34-60-48(61-35-22-12-10-7-2)25-16-14-18-31-54(32-19-20-33-55)30-17-13-15-24-47(59)62-39-45(58)53-46(63-49(64-53)23-8-3)37-43-42-27-26-40-36-41(56)28-29-51(40,4)50(42)44(57)38-52(43,53)5/h28-29,36,42-44,46,48-50,55,57H,6-27,30-35,37-39H2,1-5H3. The maximum absolute atomic E-state index is 14.6. The summed E-state index contributed by atoms with van der Waals surface area (Å²) in [5.41, 5.74) is -1.33. The highest BCUT2D eigenvalue weighted by molar-refractivity contribution is 6.01. The SMILES string of the molecule is CCCCCCOC(CCCCCN(CCCCO)CCCCCC(=O)OCC(=O)C12OC(CCC)OC1CC1C3CCC4=CC(=O)C=CC4(C)C3C(O)CC12C)OCCCCCC. The molecule has 0 radical (unpaired) electrons. The molecule has 0 bridgehead atoms. The highest BCUT2D eigenvalue weighted by Gasteiger charge is 2.76. The molecule has 5 rings (SSSR count). The van der Waals surface area contributed by atoms with Crippen molar-refractivity contribution in [2.24, 2.45) is 28.6 Å². The Morgan fingerprint density at radius 1 is 0.859 bits per heavy atom. The number of fused-ring (bicyclic) bond motifs is 7. The third kappa shape index (κ3) is 13.4. The Balaban J connectivity index is 1.06. The number of Topliss-reactive ketones (excluding diaryl/α,β-unsaturated/α-hetero) is 1. The molecule has 9 atom stereocenters. The van der Waals surface area contributed by atoms with E-state index >= 15 is 0 Å². The fourth-order valence-corrected chi connectivity index (χ4v) is 12.4. The summed E-state index contributed by atoms with van der Waals surface area (Å²) in [5.74, 6) is -0.504. The predicted molar refractivity (Wildman–Crippen MR) is 250 cm³/mol. The van der Waals surface area contributed by atoms with Gasteiger partial charge in [-0.1, -0.05) is 104 Å². The van der Waals surface area contributed by atoms with Crippen LogP contribution in [0.25, 0.3) is 0 Å². The Hall–Kier alpha value is -1.99. The number of ketones is 2. The van der Waals surface area contributed by atoms with Crippen LogP contribution in [0.5, 0.6) is 0 Å². The number of rotatable bonds is 33. The molecule has 64 heavy (non-hydrogen) atoms. The second-order valence-corrected chi connectivity index (χ2v) is 20.5. The molecule has 2 N–H and O–H groups in total. The third-order valence-corrected chi connectivity index (χ3v) is 15.8. The summed E-state index contributed by atoms with van der Waals surface area (Å²) in [6.45, 7) is 15.1. The molecular weight excluding hydrogens is 811 g/mol. The lowest BCUT2D eigenvalue weighted by Crippen LogP contribution is -2.63. The molecule has 11 heteroatoms. The number of hydrogen-bond acceptors (Lipinski definition) is 11. The van der Waals surface area contributed by atoms with Crippen LogP contribution in [0, 0.1) is 28.6 Å². The summed E-state index contributed by atoms with van der Waals surface area (Å²) in [5, 5.41) is 21.5. The van der Waals surface area contributed by atoms with E-state index in [1.807, 2.05) is 6.08 Å². The van der Waals surface area contributed by atoms with E-state index in [2.05, 4.69) is 39.5 Å². The molecule has 366 valence electrons. The molecule has 1 heterocycles. The minimum atomic E-state index is -1.30. The van der Waals surface area contributed by atoms with Gasteiger partial charge in [-0.2, -0.15) is 0 Å². The first-order valence-corrected chi connectivity index (χ1v) is 26.2. The normalized spacial score (nSPS) is 30.6. The molecule has 1 saturated heterocycles. The van der Waals surface area contributed by atoms with Gasteiger partial charge >= 0.3 is 5.97 Å². The summed E-state index contributed by atoms with van der Waals surface area (Å²) in [6, 6.07) is 0. The van der Waals surface area contributed by atoms with Gasteiger partial charge in [0, 0.05) is 43.0 Å².